The molecule has 4 nitrogen and oxygen atoms in total. The molecule has 16 heavy (non-hydrogen) atoms. The highest BCUT2D eigenvalue weighted by Gasteiger charge is 2.11. The molecule has 0 bridgehead atoms. The summed E-state index contributed by atoms with van der Waals surface area (Å²) in [6.45, 7) is 0. The van der Waals surface area contributed by atoms with Gasteiger partial charge < -0.3 is 5.73 Å². The molecule has 0 fully saturated rings. The molecule has 0 unspecified atom stereocenters. The van der Waals surface area contributed by atoms with Gasteiger partial charge >= 0.3 is 0 Å². The summed E-state index contributed by atoms with van der Waals surface area (Å²) in [5, 5.41) is 6.51. The molecule has 82 valence electrons. The minimum Gasteiger partial charge on any atom is -0.364 e. The molecule has 0 radical (unpaired) electrons. The van der Waals surface area contributed by atoms with Crippen LogP contribution < -0.4 is 5.73 Å². The Bertz CT molecular complexity index is 553. The Balaban J connectivity index is 2.46. The molecule has 1 heterocycles. The molecule has 0 aliphatic heterocycles. The van der Waals surface area contributed by atoms with E-state index in [0.29, 0.717) is 10.7 Å². The fraction of sp³-hybridized carbons (Fsp3) is 0. The van der Waals surface area contributed by atoms with Crippen LogP contribution in [0, 0.1) is 5.82 Å². The molecule has 3 N–H and O–H groups in total. The summed E-state index contributed by atoms with van der Waals surface area (Å²) in [4.78, 5) is 10.8. The van der Waals surface area contributed by atoms with Gasteiger partial charge in [-0.05, 0) is 24.3 Å². The van der Waals surface area contributed by atoms with E-state index >= 15 is 0 Å². The first kappa shape index (κ1) is 10.6. The third-order valence-corrected chi connectivity index (χ3v) is 2.29. The van der Waals surface area contributed by atoms with Crippen LogP contribution in [0.25, 0.3) is 11.3 Å². The molecule has 0 atom stereocenters. The first-order valence-corrected chi connectivity index (χ1v) is 4.76. The van der Waals surface area contributed by atoms with Crippen molar-refractivity contribution in [3.63, 3.8) is 0 Å². The first-order valence-electron chi connectivity index (χ1n) is 4.38. The van der Waals surface area contributed by atoms with Crippen molar-refractivity contribution in [1.82, 2.24) is 10.2 Å². The molecular formula is C10H7ClFN3O. The Morgan fingerprint density at radius 3 is 2.75 bits per heavy atom. The number of nitrogens with two attached hydrogens (primary N) is 1. The standard InChI is InChI=1S/C10H7ClFN3O/c11-5-1-2-6(7(12)3-5)8-4-9(10(13)16)15-14-8/h1-4H,(H2,13,16)(H,14,15). The highest BCUT2D eigenvalue weighted by atomic mass is 35.5. The molecule has 2 rings (SSSR count). The molecular weight excluding hydrogens is 233 g/mol. The zero-order chi connectivity index (χ0) is 11.7. The average molecular weight is 240 g/mol. The lowest BCUT2D eigenvalue weighted by Gasteiger charge is -1.98. The predicted molar refractivity (Wildman–Crippen MR) is 57.5 cm³/mol. The number of primary amides is 1. The summed E-state index contributed by atoms with van der Waals surface area (Å²) in [6.07, 6.45) is 0. The van der Waals surface area contributed by atoms with Crippen molar-refractivity contribution >= 4 is 17.5 Å². The van der Waals surface area contributed by atoms with E-state index in [0.717, 1.165) is 0 Å². The maximum atomic E-state index is 13.5. The number of hydrogen-bond donors (Lipinski definition) is 2. The zero-order valence-electron chi connectivity index (χ0n) is 8.00. The number of amides is 1. The summed E-state index contributed by atoms with van der Waals surface area (Å²) in [7, 11) is 0. The van der Waals surface area contributed by atoms with E-state index < -0.39 is 11.7 Å². The Morgan fingerprint density at radius 1 is 1.44 bits per heavy atom. The van der Waals surface area contributed by atoms with Crippen molar-refractivity contribution in [1.29, 1.82) is 0 Å². The van der Waals surface area contributed by atoms with Crippen LogP contribution in [0.2, 0.25) is 5.02 Å². The number of rotatable bonds is 2. The number of aromatic nitrogens is 2. The van der Waals surface area contributed by atoms with Crippen molar-refractivity contribution in [3.05, 3.63) is 40.8 Å². The van der Waals surface area contributed by atoms with E-state index in [9.17, 15) is 9.18 Å². The quantitative estimate of drug-likeness (QED) is 0.841. The number of hydrogen-bond acceptors (Lipinski definition) is 2. The Morgan fingerprint density at radius 2 is 2.19 bits per heavy atom. The molecule has 1 aromatic heterocycles. The van der Waals surface area contributed by atoms with Gasteiger partial charge in [-0.1, -0.05) is 11.6 Å². The van der Waals surface area contributed by atoms with Gasteiger partial charge in [0.1, 0.15) is 11.5 Å². The second-order valence-corrected chi connectivity index (χ2v) is 3.59. The highest BCUT2D eigenvalue weighted by Crippen LogP contribution is 2.23. The smallest absolute Gasteiger partial charge is 0.266 e. The lowest BCUT2D eigenvalue weighted by atomic mass is 10.1. The number of nitrogens with zero attached hydrogens (tertiary/aromatic N) is 1. The molecule has 6 heteroatoms. The fourth-order valence-electron chi connectivity index (χ4n) is 1.28. The Labute approximate surface area is 95.2 Å². The van der Waals surface area contributed by atoms with E-state index in [2.05, 4.69) is 10.2 Å². The van der Waals surface area contributed by atoms with Gasteiger partial charge in [-0.3, -0.25) is 9.89 Å². The van der Waals surface area contributed by atoms with Gasteiger partial charge in [0, 0.05) is 10.6 Å². The number of carbonyl (C=O) groups excluding carboxylic acids is 1. The van der Waals surface area contributed by atoms with Crippen molar-refractivity contribution < 1.29 is 9.18 Å². The molecule has 0 spiro atoms. The van der Waals surface area contributed by atoms with E-state index in [-0.39, 0.29) is 11.3 Å². The lowest BCUT2D eigenvalue weighted by Crippen LogP contribution is -2.10. The van der Waals surface area contributed by atoms with Gasteiger partial charge in [0.2, 0.25) is 0 Å². The second kappa shape index (κ2) is 3.94. The topological polar surface area (TPSA) is 71.8 Å². The van der Waals surface area contributed by atoms with E-state index in [1.54, 1.807) is 6.07 Å². The largest absolute Gasteiger partial charge is 0.364 e. The SMILES string of the molecule is NC(=O)c1cc(-c2ccc(Cl)cc2F)n[nH]1. The maximum Gasteiger partial charge on any atom is 0.266 e. The summed E-state index contributed by atoms with van der Waals surface area (Å²) in [6, 6.07) is 5.58. The normalized spacial score (nSPS) is 10.4. The summed E-state index contributed by atoms with van der Waals surface area (Å²) in [5.41, 5.74) is 5.74. The Hall–Kier alpha value is -1.88. The van der Waals surface area contributed by atoms with Gasteiger partial charge in [0.25, 0.3) is 5.91 Å². The van der Waals surface area contributed by atoms with E-state index in [1.165, 1.54) is 18.2 Å². The van der Waals surface area contributed by atoms with Gasteiger partial charge in [-0.15, -0.1) is 0 Å². The summed E-state index contributed by atoms with van der Waals surface area (Å²) in [5.74, 6) is -1.15. The Kier molecular flexibility index (Phi) is 2.62. The predicted octanol–water partition coefficient (Wildman–Crippen LogP) is 1.97. The number of carbonyl (C=O) groups is 1. The number of halogens is 2. The number of H-pyrrole nitrogens is 1. The van der Waals surface area contributed by atoms with E-state index in [1.807, 2.05) is 0 Å². The maximum absolute atomic E-state index is 13.5. The van der Waals surface area contributed by atoms with Crippen LogP contribution in [-0.4, -0.2) is 16.1 Å². The number of nitrogens with one attached hydrogen (secondary N) is 1. The van der Waals surface area contributed by atoms with Crippen LogP contribution >= 0.6 is 11.6 Å². The average Bonchev–Trinajstić information content (AvgIpc) is 2.66. The molecule has 0 aliphatic rings. The molecule has 1 aromatic carbocycles. The van der Waals surface area contributed by atoms with Crippen LogP contribution in [0.4, 0.5) is 4.39 Å². The molecule has 2 aromatic rings. The van der Waals surface area contributed by atoms with Gasteiger partial charge in [-0.25, -0.2) is 4.39 Å². The highest BCUT2D eigenvalue weighted by molar-refractivity contribution is 6.30. The third-order valence-electron chi connectivity index (χ3n) is 2.05. The third kappa shape index (κ3) is 1.90. The van der Waals surface area contributed by atoms with Crippen LogP contribution in [0.15, 0.2) is 24.3 Å². The number of benzene rings is 1. The van der Waals surface area contributed by atoms with Crippen LogP contribution in [0.5, 0.6) is 0 Å². The monoisotopic (exact) mass is 239 g/mol. The molecule has 0 aliphatic carbocycles. The van der Waals surface area contributed by atoms with Crippen LogP contribution in [0.1, 0.15) is 10.5 Å². The van der Waals surface area contributed by atoms with Crippen LogP contribution in [0.3, 0.4) is 0 Å². The fourth-order valence-corrected chi connectivity index (χ4v) is 1.44. The minimum absolute atomic E-state index is 0.129. The van der Waals surface area contributed by atoms with Gasteiger partial charge in [0.15, 0.2) is 0 Å². The molecule has 1 amide bonds. The van der Waals surface area contributed by atoms with E-state index in [4.69, 9.17) is 17.3 Å². The minimum atomic E-state index is -0.645. The second-order valence-electron chi connectivity index (χ2n) is 3.16. The van der Waals surface area contributed by atoms with Crippen molar-refractivity contribution in [2.24, 2.45) is 5.73 Å². The van der Waals surface area contributed by atoms with Gasteiger partial charge in [-0.2, -0.15) is 5.10 Å². The van der Waals surface area contributed by atoms with Crippen molar-refractivity contribution in [2.75, 3.05) is 0 Å². The first-order chi connectivity index (χ1) is 7.58. The molecule has 0 saturated carbocycles. The summed E-state index contributed by atoms with van der Waals surface area (Å²) >= 11 is 5.62. The number of aromatic amines is 1. The van der Waals surface area contributed by atoms with Crippen molar-refractivity contribution in [2.45, 2.75) is 0 Å². The zero-order valence-corrected chi connectivity index (χ0v) is 8.75. The lowest BCUT2D eigenvalue weighted by molar-refractivity contribution is 0.0995. The van der Waals surface area contributed by atoms with Gasteiger partial charge in [0.05, 0.1) is 5.69 Å². The van der Waals surface area contributed by atoms with Crippen LogP contribution in [-0.2, 0) is 0 Å². The van der Waals surface area contributed by atoms with Crippen molar-refractivity contribution in [3.8, 4) is 11.3 Å². The molecule has 0 saturated heterocycles. The summed E-state index contributed by atoms with van der Waals surface area (Å²) < 4.78 is 13.5.